The molecule has 168 valence electrons. The van der Waals surface area contributed by atoms with Crippen LogP contribution in [0, 0.1) is 5.82 Å². The minimum absolute atomic E-state index is 0.342. The Balaban J connectivity index is 1.43. The van der Waals surface area contributed by atoms with Gasteiger partial charge < -0.3 is 10.2 Å². The van der Waals surface area contributed by atoms with Crippen LogP contribution in [0.4, 0.5) is 20.8 Å². The number of nitrogens with zero attached hydrogens (tertiary/aromatic N) is 5. The summed E-state index contributed by atoms with van der Waals surface area (Å²) in [6, 6.07) is 12.0. The number of carbonyl (C=O) groups is 3. The van der Waals surface area contributed by atoms with Crippen LogP contribution in [-0.2, 0) is 15.1 Å². The van der Waals surface area contributed by atoms with Gasteiger partial charge in [0.05, 0.1) is 11.0 Å². The van der Waals surface area contributed by atoms with Gasteiger partial charge in [-0.2, -0.15) is 0 Å². The van der Waals surface area contributed by atoms with Crippen molar-refractivity contribution in [1.82, 2.24) is 20.2 Å². The molecular formula is C23H21FN6O3. The van der Waals surface area contributed by atoms with Crippen molar-refractivity contribution in [3.63, 3.8) is 0 Å². The first-order chi connectivity index (χ1) is 15.8. The van der Waals surface area contributed by atoms with Gasteiger partial charge in [0.1, 0.15) is 17.9 Å². The van der Waals surface area contributed by atoms with E-state index in [1.165, 1.54) is 36.1 Å². The van der Waals surface area contributed by atoms with E-state index >= 15 is 0 Å². The molecule has 0 radical (unpaired) electrons. The Morgan fingerprint density at radius 3 is 2.33 bits per heavy atom. The Bertz CT molecular complexity index is 1300. The lowest BCUT2D eigenvalue weighted by Gasteiger charge is -2.34. The molecule has 4 amide bonds. The minimum atomic E-state index is -1.39. The zero-order chi connectivity index (χ0) is 23.3. The Kier molecular flexibility index (Phi) is 4.73. The van der Waals surface area contributed by atoms with E-state index in [1.807, 2.05) is 36.2 Å². The molecule has 1 fully saturated rings. The number of urea groups is 1. The highest BCUT2D eigenvalue weighted by molar-refractivity contribution is 6.11. The number of imide groups is 1. The number of benzene rings is 2. The molecule has 3 aromatic rings. The topological polar surface area (TPSA) is 98.7 Å². The van der Waals surface area contributed by atoms with Crippen molar-refractivity contribution >= 4 is 40.5 Å². The van der Waals surface area contributed by atoms with Gasteiger partial charge in [-0.05, 0) is 36.8 Å². The van der Waals surface area contributed by atoms with E-state index in [0.717, 1.165) is 4.90 Å². The van der Waals surface area contributed by atoms with Crippen LogP contribution in [0.3, 0.4) is 0 Å². The van der Waals surface area contributed by atoms with Gasteiger partial charge in [-0.1, -0.05) is 24.3 Å². The highest BCUT2D eigenvalue weighted by atomic mass is 19.1. The lowest BCUT2D eigenvalue weighted by atomic mass is 9.92. The highest BCUT2D eigenvalue weighted by Gasteiger charge is 2.50. The summed E-state index contributed by atoms with van der Waals surface area (Å²) >= 11 is 0. The Hall–Kier alpha value is -4.08. The summed E-state index contributed by atoms with van der Waals surface area (Å²) in [6.07, 6.45) is 0. The van der Waals surface area contributed by atoms with E-state index in [9.17, 15) is 18.8 Å². The van der Waals surface area contributed by atoms with Crippen molar-refractivity contribution in [1.29, 1.82) is 0 Å². The molecule has 2 aliphatic heterocycles. The number of hydrogen-bond donors (Lipinski definition) is 1. The standard InChI is InChI=1S/C23H21FN6O3/c1-23(14-7-9-15(24)10-8-14)21(32)30(22(33)27-23)13-18(31)29-12-11-28(2)19-20(29)26-17-6-4-3-5-16(17)25-19/h3-10H,11-13H2,1-2H3,(H,27,33). The number of rotatable bonds is 3. The summed E-state index contributed by atoms with van der Waals surface area (Å²) in [7, 11) is 1.87. The molecule has 1 unspecified atom stereocenters. The molecule has 3 heterocycles. The van der Waals surface area contributed by atoms with Crippen molar-refractivity contribution in [3.05, 3.63) is 59.9 Å². The third-order valence-electron chi connectivity index (χ3n) is 6.10. The second-order valence-electron chi connectivity index (χ2n) is 8.28. The molecule has 1 aromatic heterocycles. The largest absolute Gasteiger partial charge is 0.355 e. The van der Waals surface area contributed by atoms with Crippen molar-refractivity contribution in [3.8, 4) is 0 Å². The third kappa shape index (κ3) is 3.34. The molecular weight excluding hydrogens is 427 g/mol. The predicted octanol–water partition coefficient (Wildman–Crippen LogP) is 2.02. The predicted molar refractivity (Wildman–Crippen MR) is 119 cm³/mol. The summed E-state index contributed by atoms with van der Waals surface area (Å²) in [5, 5.41) is 2.63. The van der Waals surface area contributed by atoms with E-state index in [4.69, 9.17) is 0 Å². The van der Waals surface area contributed by atoms with Crippen LogP contribution in [0.25, 0.3) is 11.0 Å². The van der Waals surface area contributed by atoms with Crippen LogP contribution < -0.4 is 15.1 Å². The number of para-hydroxylation sites is 2. The van der Waals surface area contributed by atoms with Crippen LogP contribution in [0.5, 0.6) is 0 Å². The normalized spacial score (nSPS) is 20.3. The van der Waals surface area contributed by atoms with Crippen molar-refractivity contribution in [2.45, 2.75) is 12.5 Å². The van der Waals surface area contributed by atoms with Gasteiger partial charge in [-0.15, -0.1) is 0 Å². The fraction of sp³-hybridized carbons (Fsp3) is 0.261. The van der Waals surface area contributed by atoms with Gasteiger partial charge in [0.15, 0.2) is 11.6 Å². The van der Waals surface area contributed by atoms with E-state index in [1.54, 1.807) is 0 Å². The second kappa shape index (κ2) is 7.51. The number of nitrogens with one attached hydrogen (secondary N) is 1. The number of amides is 4. The average Bonchev–Trinajstić information content (AvgIpc) is 3.02. The second-order valence-corrected chi connectivity index (χ2v) is 8.28. The number of halogens is 1. The Morgan fingerprint density at radius 1 is 1.03 bits per heavy atom. The number of anilines is 2. The number of carbonyl (C=O) groups excluding carboxylic acids is 3. The van der Waals surface area contributed by atoms with Gasteiger partial charge in [-0.3, -0.25) is 19.4 Å². The fourth-order valence-electron chi connectivity index (χ4n) is 4.16. The molecule has 1 saturated heterocycles. The zero-order valence-electron chi connectivity index (χ0n) is 18.1. The van der Waals surface area contributed by atoms with E-state index < -0.39 is 35.7 Å². The maximum absolute atomic E-state index is 13.3. The van der Waals surface area contributed by atoms with E-state index in [2.05, 4.69) is 15.3 Å². The Morgan fingerprint density at radius 2 is 1.67 bits per heavy atom. The van der Waals surface area contributed by atoms with Gasteiger partial charge in [0.2, 0.25) is 5.91 Å². The average molecular weight is 448 g/mol. The number of hydrogen-bond acceptors (Lipinski definition) is 6. The van der Waals surface area contributed by atoms with Crippen molar-refractivity contribution in [2.75, 3.05) is 36.5 Å². The highest BCUT2D eigenvalue weighted by Crippen LogP contribution is 2.32. The molecule has 2 aliphatic rings. The third-order valence-corrected chi connectivity index (χ3v) is 6.10. The summed E-state index contributed by atoms with van der Waals surface area (Å²) in [5.74, 6) is -0.525. The maximum Gasteiger partial charge on any atom is 0.325 e. The first-order valence-corrected chi connectivity index (χ1v) is 10.5. The first kappa shape index (κ1) is 20.8. The van der Waals surface area contributed by atoms with Gasteiger partial charge in [-0.25, -0.2) is 19.2 Å². The molecule has 0 spiro atoms. The molecule has 33 heavy (non-hydrogen) atoms. The monoisotopic (exact) mass is 448 g/mol. The summed E-state index contributed by atoms with van der Waals surface area (Å²) in [5.41, 5.74) is 0.394. The molecule has 0 saturated carbocycles. The SMILES string of the molecule is CN1CCN(C(=O)CN2C(=O)NC(C)(c3ccc(F)cc3)C2=O)c2nc3ccccc3nc21. The zero-order valence-corrected chi connectivity index (χ0v) is 18.1. The minimum Gasteiger partial charge on any atom is -0.355 e. The van der Waals surface area contributed by atoms with Crippen LogP contribution >= 0.6 is 0 Å². The van der Waals surface area contributed by atoms with Gasteiger partial charge in [0.25, 0.3) is 5.91 Å². The number of aromatic nitrogens is 2. The molecule has 1 atom stereocenters. The molecule has 2 aromatic carbocycles. The van der Waals surface area contributed by atoms with E-state index in [-0.39, 0.29) is 0 Å². The smallest absolute Gasteiger partial charge is 0.325 e. The lowest BCUT2D eigenvalue weighted by molar-refractivity contribution is -0.134. The van der Waals surface area contributed by atoms with Crippen molar-refractivity contribution < 1.29 is 18.8 Å². The van der Waals surface area contributed by atoms with E-state index in [0.29, 0.717) is 41.3 Å². The molecule has 10 heteroatoms. The molecule has 5 rings (SSSR count). The maximum atomic E-state index is 13.3. The van der Waals surface area contributed by atoms with Crippen molar-refractivity contribution in [2.24, 2.45) is 0 Å². The molecule has 1 N–H and O–H groups in total. The first-order valence-electron chi connectivity index (χ1n) is 10.5. The van der Waals surface area contributed by atoms with Gasteiger partial charge in [0, 0.05) is 20.1 Å². The molecule has 0 bridgehead atoms. The summed E-state index contributed by atoms with van der Waals surface area (Å²) < 4.78 is 13.3. The quantitative estimate of drug-likeness (QED) is 0.616. The van der Waals surface area contributed by atoms with Crippen LogP contribution in [0.15, 0.2) is 48.5 Å². The van der Waals surface area contributed by atoms with Crippen LogP contribution in [0.2, 0.25) is 0 Å². The molecule has 9 nitrogen and oxygen atoms in total. The van der Waals surface area contributed by atoms with Crippen LogP contribution in [0.1, 0.15) is 12.5 Å². The fourth-order valence-corrected chi connectivity index (χ4v) is 4.16. The Labute approximate surface area is 188 Å². The number of likely N-dealkylation sites (N-methyl/N-ethyl adjacent to an activating group) is 1. The summed E-state index contributed by atoms with van der Waals surface area (Å²) in [6.45, 7) is 1.96. The van der Waals surface area contributed by atoms with Gasteiger partial charge >= 0.3 is 6.03 Å². The number of fused-ring (bicyclic) bond motifs is 2. The van der Waals surface area contributed by atoms with Crippen LogP contribution in [-0.4, -0.2) is 59.4 Å². The molecule has 0 aliphatic carbocycles. The summed E-state index contributed by atoms with van der Waals surface area (Å²) in [4.78, 5) is 52.6. The lowest BCUT2D eigenvalue weighted by Crippen LogP contribution is -2.49.